The normalized spacial score (nSPS) is 11.6. The maximum atomic E-state index is 6.67. The standard InChI is InChI=1S/C51H32N4O/c1-4-14-33(15-5-1)37-26-28-41-40-22-10-11-23-43(40)55(45(41)31-37)44-24-13-25-46-48(44)42-29-27-38(32-47(42)56-46)36-20-12-21-39(30-36)51-53-49(34-16-6-2-7-17-34)52-50(54-51)35-18-8-3-9-19-35/h1-32H. The molecule has 0 saturated carbocycles. The van der Waals surface area contributed by atoms with Gasteiger partial charge in [0.05, 0.1) is 22.1 Å². The van der Waals surface area contributed by atoms with E-state index in [9.17, 15) is 0 Å². The van der Waals surface area contributed by atoms with E-state index in [1.165, 1.54) is 21.9 Å². The third-order valence-electron chi connectivity index (χ3n) is 10.7. The minimum atomic E-state index is 0.621. The Morgan fingerprint density at radius 3 is 1.55 bits per heavy atom. The van der Waals surface area contributed by atoms with E-state index in [1.54, 1.807) is 0 Å². The molecule has 0 aliphatic carbocycles. The van der Waals surface area contributed by atoms with E-state index < -0.39 is 0 Å². The van der Waals surface area contributed by atoms with Crippen molar-refractivity contribution in [2.24, 2.45) is 0 Å². The molecule has 0 saturated heterocycles. The Balaban J connectivity index is 1.04. The van der Waals surface area contributed by atoms with Gasteiger partial charge in [0.25, 0.3) is 0 Å². The number of para-hydroxylation sites is 1. The number of aromatic nitrogens is 4. The van der Waals surface area contributed by atoms with Gasteiger partial charge in [-0.15, -0.1) is 0 Å². The summed E-state index contributed by atoms with van der Waals surface area (Å²) in [5, 5.41) is 4.59. The van der Waals surface area contributed by atoms with E-state index >= 15 is 0 Å². The zero-order chi connectivity index (χ0) is 37.0. The molecule has 0 N–H and O–H groups in total. The lowest BCUT2D eigenvalue weighted by Crippen LogP contribution is -2.00. The Morgan fingerprint density at radius 1 is 0.321 bits per heavy atom. The Morgan fingerprint density at radius 2 is 0.839 bits per heavy atom. The molecule has 0 amide bonds. The van der Waals surface area contributed by atoms with Gasteiger partial charge in [-0.25, -0.2) is 15.0 Å². The molecule has 0 bridgehead atoms. The smallest absolute Gasteiger partial charge is 0.164 e. The summed E-state index contributed by atoms with van der Waals surface area (Å²) in [6.45, 7) is 0. The van der Waals surface area contributed by atoms with E-state index in [1.807, 2.05) is 60.7 Å². The van der Waals surface area contributed by atoms with Crippen molar-refractivity contribution in [1.29, 1.82) is 0 Å². The highest BCUT2D eigenvalue weighted by atomic mass is 16.3. The average Bonchev–Trinajstić information content (AvgIpc) is 3.82. The van der Waals surface area contributed by atoms with Crippen LogP contribution in [0.3, 0.4) is 0 Å². The molecule has 0 aliphatic rings. The van der Waals surface area contributed by atoms with Crippen molar-refractivity contribution < 1.29 is 4.42 Å². The van der Waals surface area contributed by atoms with Gasteiger partial charge in [0.2, 0.25) is 0 Å². The van der Waals surface area contributed by atoms with Crippen molar-refractivity contribution in [3.05, 3.63) is 194 Å². The first-order valence-electron chi connectivity index (χ1n) is 18.8. The zero-order valence-corrected chi connectivity index (χ0v) is 30.2. The van der Waals surface area contributed by atoms with Gasteiger partial charge in [0, 0.05) is 32.8 Å². The van der Waals surface area contributed by atoms with Crippen LogP contribution in [0.25, 0.3) is 106 Å². The Bertz CT molecular complexity index is 3180. The van der Waals surface area contributed by atoms with Crippen LogP contribution in [0, 0.1) is 0 Å². The maximum absolute atomic E-state index is 6.67. The predicted molar refractivity (Wildman–Crippen MR) is 229 cm³/mol. The number of rotatable bonds is 6. The second-order valence-electron chi connectivity index (χ2n) is 14.0. The molecule has 3 heterocycles. The van der Waals surface area contributed by atoms with Crippen molar-refractivity contribution in [3.63, 3.8) is 0 Å². The fraction of sp³-hybridized carbons (Fsp3) is 0. The van der Waals surface area contributed by atoms with Gasteiger partial charge in [-0.3, -0.25) is 0 Å². The molecule has 0 atom stereocenters. The second-order valence-corrected chi connectivity index (χ2v) is 14.0. The minimum Gasteiger partial charge on any atom is -0.456 e. The van der Waals surface area contributed by atoms with Crippen LogP contribution in [0.1, 0.15) is 0 Å². The molecule has 0 fully saturated rings. The molecule has 5 nitrogen and oxygen atoms in total. The minimum absolute atomic E-state index is 0.621. The van der Waals surface area contributed by atoms with Gasteiger partial charge in [0.1, 0.15) is 11.2 Å². The summed E-state index contributed by atoms with van der Waals surface area (Å²) in [6.07, 6.45) is 0. The van der Waals surface area contributed by atoms with Crippen molar-refractivity contribution in [3.8, 4) is 62.1 Å². The third kappa shape index (κ3) is 5.37. The van der Waals surface area contributed by atoms with Crippen LogP contribution in [0.4, 0.5) is 0 Å². The highest BCUT2D eigenvalue weighted by Gasteiger charge is 2.19. The lowest BCUT2D eigenvalue weighted by atomic mass is 10.0. The number of fused-ring (bicyclic) bond motifs is 6. The number of hydrogen-bond donors (Lipinski definition) is 0. The Labute approximate surface area is 322 Å². The number of furan rings is 1. The summed E-state index contributed by atoms with van der Waals surface area (Å²) in [7, 11) is 0. The molecular formula is C51H32N4O. The van der Waals surface area contributed by atoms with Gasteiger partial charge in [-0.2, -0.15) is 0 Å². The van der Waals surface area contributed by atoms with Crippen LogP contribution in [0.5, 0.6) is 0 Å². The summed E-state index contributed by atoms with van der Waals surface area (Å²) in [4.78, 5) is 14.8. The molecule has 56 heavy (non-hydrogen) atoms. The molecule has 11 rings (SSSR count). The van der Waals surface area contributed by atoms with Crippen molar-refractivity contribution >= 4 is 43.7 Å². The molecule has 0 spiro atoms. The second kappa shape index (κ2) is 13.0. The van der Waals surface area contributed by atoms with Crippen LogP contribution in [-0.2, 0) is 0 Å². The molecule has 3 aromatic heterocycles. The Hall–Kier alpha value is -7.63. The SMILES string of the molecule is c1ccc(-c2ccc3c4ccccc4n(-c4cccc5oc6cc(-c7cccc(-c8nc(-c9ccccc9)nc(-c9ccccc9)n8)c7)ccc6c45)c3c2)cc1. The lowest BCUT2D eigenvalue weighted by molar-refractivity contribution is 0.669. The molecule has 0 aliphatic heterocycles. The van der Waals surface area contributed by atoms with Crippen LogP contribution in [0.15, 0.2) is 199 Å². The van der Waals surface area contributed by atoms with Gasteiger partial charge < -0.3 is 8.98 Å². The monoisotopic (exact) mass is 716 g/mol. The average molecular weight is 717 g/mol. The summed E-state index contributed by atoms with van der Waals surface area (Å²) < 4.78 is 9.07. The molecule has 11 aromatic rings. The topological polar surface area (TPSA) is 56.7 Å². The quantitative estimate of drug-likeness (QED) is 0.172. The first-order chi connectivity index (χ1) is 27.7. The van der Waals surface area contributed by atoms with E-state index in [-0.39, 0.29) is 0 Å². The first kappa shape index (κ1) is 31.9. The summed E-state index contributed by atoms with van der Waals surface area (Å²) in [5.41, 5.74) is 12.3. The largest absolute Gasteiger partial charge is 0.456 e. The van der Waals surface area contributed by atoms with Gasteiger partial charge >= 0.3 is 0 Å². The van der Waals surface area contributed by atoms with Crippen LogP contribution >= 0.6 is 0 Å². The van der Waals surface area contributed by atoms with Gasteiger partial charge in [-0.05, 0) is 64.7 Å². The molecule has 262 valence electrons. The zero-order valence-electron chi connectivity index (χ0n) is 30.2. The van der Waals surface area contributed by atoms with Crippen molar-refractivity contribution in [2.75, 3.05) is 0 Å². The molecule has 8 aromatic carbocycles. The summed E-state index contributed by atoms with van der Waals surface area (Å²) >= 11 is 0. The van der Waals surface area contributed by atoms with Gasteiger partial charge in [0.15, 0.2) is 17.5 Å². The summed E-state index contributed by atoms with van der Waals surface area (Å²) in [5.74, 6) is 1.90. The number of hydrogen-bond acceptors (Lipinski definition) is 4. The van der Waals surface area contributed by atoms with E-state index in [0.717, 1.165) is 66.5 Å². The Kier molecular flexibility index (Phi) is 7.42. The number of nitrogens with zero attached hydrogens (tertiary/aromatic N) is 4. The molecule has 0 radical (unpaired) electrons. The van der Waals surface area contributed by atoms with E-state index in [2.05, 4.69) is 138 Å². The predicted octanol–water partition coefficient (Wildman–Crippen LogP) is 13.2. The molecular weight excluding hydrogens is 685 g/mol. The molecule has 0 unspecified atom stereocenters. The van der Waals surface area contributed by atoms with Crippen molar-refractivity contribution in [1.82, 2.24) is 19.5 Å². The van der Waals surface area contributed by atoms with Gasteiger partial charge in [-0.1, -0.05) is 152 Å². The van der Waals surface area contributed by atoms with Crippen LogP contribution in [0.2, 0.25) is 0 Å². The maximum Gasteiger partial charge on any atom is 0.164 e. The highest BCUT2D eigenvalue weighted by Crippen LogP contribution is 2.41. The van der Waals surface area contributed by atoms with Crippen LogP contribution < -0.4 is 0 Å². The fourth-order valence-electron chi connectivity index (χ4n) is 7.99. The first-order valence-corrected chi connectivity index (χ1v) is 18.8. The van der Waals surface area contributed by atoms with Crippen LogP contribution in [-0.4, -0.2) is 19.5 Å². The molecule has 5 heteroatoms. The van der Waals surface area contributed by atoms with Crippen molar-refractivity contribution in [2.45, 2.75) is 0 Å². The fourth-order valence-corrected chi connectivity index (χ4v) is 7.99. The third-order valence-corrected chi connectivity index (χ3v) is 10.7. The number of benzene rings is 8. The summed E-state index contributed by atoms with van der Waals surface area (Å²) in [6, 6.07) is 67.4. The highest BCUT2D eigenvalue weighted by molar-refractivity contribution is 6.15. The van der Waals surface area contributed by atoms with E-state index in [4.69, 9.17) is 19.4 Å². The van der Waals surface area contributed by atoms with E-state index in [0.29, 0.717) is 17.5 Å². The lowest BCUT2D eigenvalue weighted by Gasteiger charge is -2.11.